The number of rotatable bonds is 1. The van der Waals surface area contributed by atoms with E-state index in [9.17, 15) is 14.0 Å². The smallest absolute Gasteiger partial charge is 0.322 e. The van der Waals surface area contributed by atoms with Crippen molar-refractivity contribution in [2.45, 2.75) is 19.4 Å². The normalized spacial score (nSPS) is 18.8. The Bertz CT molecular complexity index is 913. The Kier molecular flexibility index (Phi) is 4.52. The Hall–Kier alpha value is -2.60. The van der Waals surface area contributed by atoms with Gasteiger partial charge in [-0.3, -0.25) is 4.79 Å². The van der Waals surface area contributed by atoms with Gasteiger partial charge in [0.1, 0.15) is 12.4 Å². The van der Waals surface area contributed by atoms with Gasteiger partial charge in [0.15, 0.2) is 0 Å². The molecule has 2 heterocycles. The molecule has 0 aliphatic carbocycles. The average Bonchev–Trinajstić information content (AvgIpc) is 2.65. The van der Waals surface area contributed by atoms with Gasteiger partial charge in [0.25, 0.3) is 0 Å². The van der Waals surface area contributed by atoms with E-state index in [-0.39, 0.29) is 30.3 Å². The molecule has 7 heteroatoms. The first kappa shape index (κ1) is 17.8. The minimum Gasteiger partial charge on any atom is -0.332 e. The molecule has 2 aromatic carbocycles. The quantitative estimate of drug-likeness (QED) is 0.810. The van der Waals surface area contributed by atoms with Crippen LogP contribution < -0.4 is 5.32 Å². The number of carbonyl (C=O) groups is 2. The van der Waals surface area contributed by atoms with Crippen molar-refractivity contribution in [3.8, 4) is 0 Å². The maximum atomic E-state index is 14.1. The van der Waals surface area contributed by atoms with Crippen LogP contribution in [0.2, 0.25) is 5.02 Å². The first-order chi connectivity index (χ1) is 13.0. The predicted octanol–water partition coefficient (Wildman–Crippen LogP) is 3.76. The van der Waals surface area contributed by atoms with E-state index in [1.807, 2.05) is 25.1 Å². The van der Waals surface area contributed by atoms with E-state index in [0.717, 1.165) is 11.1 Å². The summed E-state index contributed by atoms with van der Waals surface area (Å²) in [4.78, 5) is 28.6. The van der Waals surface area contributed by atoms with Gasteiger partial charge >= 0.3 is 6.03 Å². The molecule has 3 amide bonds. The standard InChI is InChI=1S/C20H19ClFN3O2/c1-12-4-2-6-15(21)19(12)23-20(27)24-10-17-14-5-3-7-16(22)13(14)8-9-25(17)18(26)11-24/h2-7,17H,8-11H2,1H3,(H,23,27). The molecule has 27 heavy (non-hydrogen) atoms. The molecule has 0 saturated carbocycles. The van der Waals surface area contributed by atoms with E-state index in [0.29, 0.717) is 35.8 Å². The summed E-state index contributed by atoms with van der Waals surface area (Å²) in [7, 11) is 0. The Morgan fingerprint density at radius 2 is 2.04 bits per heavy atom. The lowest BCUT2D eigenvalue weighted by molar-refractivity contribution is -0.139. The molecule has 5 nitrogen and oxygen atoms in total. The lowest BCUT2D eigenvalue weighted by atomic mass is 9.90. The van der Waals surface area contributed by atoms with Crippen molar-refractivity contribution in [3.63, 3.8) is 0 Å². The second-order valence-electron chi connectivity index (χ2n) is 6.90. The van der Waals surface area contributed by atoms with E-state index in [4.69, 9.17) is 11.6 Å². The number of aryl methyl sites for hydroxylation is 1. The van der Waals surface area contributed by atoms with Crippen LogP contribution in [0.5, 0.6) is 0 Å². The first-order valence-corrected chi connectivity index (χ1v) is 9.21. The summed E-state index contributed by atoms with van der Waals surface area (Å²) in [5, 5.41) is 3.25. The summed E-state index contributed by atoms with van der Waals surface area (Å²) >= 11 is 6.19. The topological polar surface area (TPSA) is 52.7 Å². The fraction of sp³-hybridized carbons (Fsp3) is 0.300. The van der Waals surface area contributed by atoms with Crippen LogP contribution in [0, 0.1) is 12.7 Å². The summed E-state index contributed by atoms with van der Waals surface area (Å²) in [5.41, 5.74) is 2.79. The van der Waals surface area contributed by atoms with Crippen LogP contribution in [0.4, 0.5) is 14.9 Å². The third-order valence-corrected chi connectivity index (χ3v) is 5.59. The molecule has 0 bridgehead atoms. The summed E-state index contributed by atoms with van der Waals surface area (Å²) in [6.45, 7) is 2.63. The zero-order valence-electron chi connectivity index (χ0n) is 14.8. The van der Waals surface area contributed by atoms with Crippen LogP contribution in [0.1, 0.15) is 22.7 Å². The average molecular weight is 388 g/mol. The fourth-order valence-corrected chi connectivity index (χ4v) is 4.13. The summed E-state index contributed by atoms with van der Waals surface area (Å²) < 4.78 is 14.1. The highest BCUT2D eigenvalue weighted by molar-refractivity contribution is 6.33. The SMILES string of the molecule is Cc1cccc(Cl)c1NC(=O)N1CC(=O)N2CCc3c(F)cccc3C2C1. The number of amides is 3. The Balaban J connectivity index is 1.59. The van der Waals surface area contributed by atoms with E-state index in [1.165, 1.54) is 11.0 Å². The molecule has 1 atom stereocenters. The van der Waals surface area contributed by atoms with Crippen LogP contribution in [0.25, 0.3) is 0 Å². The van der Waals surface area contributed by atoms with Gasteiger partial charge in [-0.25, -0.2) is 9.18 Å². The molecule has 2 aromatic rings. The van der Waals surface area contributed by atoms with Crippen LogP contribution in [0.15, 0.2) is 36.4 Å². The van der Waals surface area contributed by atoms with Gasteiger partial charge in [0.2, 0.25) is 5.91 Å². The third-order valence-electron chi connectivity index (χ3n) is 5.27. The van der Waals surface area contributed by atoms with E-state index in [2.05, 4.69) is 5.32 Å². The molecule has 4 rings (SSSR count). The summed E-state index contributed by atoms with van der Waals surface area (Å²) in [6, 6.07) is 9.56. The van der Waals surface area contributed by atoms with Crippen LogP contribution >= 0.6 is 11.6 Å². The lowest BCUT2D eigenvalue weighted by Gasteiger charge is -2.44. The van der Waals surface area contributed by atoms with E-state index < -0.39 is 0 Å². The Morgan fingerprint density at radius 1 is 1.26 bits per heavy atom. The minimum absolute atomic E-state index is 0.00349. The highest BCUT2D eigenvalue weighted by Crippen LogP contribution is 2.34. The highest BCUT2D eigenvalue weighted by atomic mass is 35.5. The molecule has 1 fully saturated rings. The lowest BCUT2D eigenvalue weighted by Crippen LogP contribution is -2.56. The van der Waals surface area contributed by atoms with E-state index in [1.54, 1.807) is 17.0 Å². The number of nitrogens with one attached hydrogen (secondary N) is 1. The number of nitrogens with zero attached hydrogens (tertiary/aromatic N) is 2. The van der Waals surface area contributed by atoms with E-state index >= 15 is 0 Å². The first-order valence-electron chi connectivity index (χ1n) is 8.83. The number of anilines is 1. The molecule has 0 aromatic heterocycles. The van der Waals surface area contributed by atoms with Gasteiger partial charge in [-0.1, -0.05) is 35.9 Å². The molecule has 1 N–H and O–H groups in total. The van der Waals surface area contributed by atoms with Gasteiger partial charge in [-0.2, -0.15) is 0 Å². The molecular weight excluding hydrogens is 369 g/mol. The van der Waals surface area contributed by atoms with Gasteiger partial charge in [-0.05, 0) is 42.2 Å². The van der Waals surface area contributed by atoms with Crippen molar-refractivity contribution >= 4 is 29.2 Å². The molecular formula is C20H19ClFN3O2. The van der Waals surface area contributed by atoms with Crippen LogP contribution in [0.3, 0.4) is 0 Å². The Labute approximate surface area is 161 Å². The van der Waals surface area contributed by atoms with Crippen LogP contribution in [-0.4, -0.2) is 41.4 Å². The van der Waals surface area contributed by atoms with Crippen LogP contribution in [-0.2, 0) is 11.2 Å². The van der Waals surface area contributed by atoms with Crippen molar-refractivity contribution in [3.05, 3.63) is 63.9 Å². The second kappa shape index (κ2) is 6.85. The number of halogens is 2. The van der Waals surface area contributed by atoms with Gasteiger partial charge < -0.3 is 15.1 Å². The number of benzene rings is 2. The van der Waals surface area contributed by atoms with Gasteiger partial charge in [0.05, 0.1) is 16.8 Å². The maximum absolute atomic E-state index is 14.1. The van der Waals surface area contributed by atoms with Gasteiger partial charge in [-0.15, -0.1) is 0 Å². The highest BCUT2D eigenvalue weighted by Gasteiger charge is 2.39. The molecule has 2 aliphatic rings. The third kappa shape index (κ3) is 3.14. The van der Waals surface area contributed by atoms with Crippen molar-refractivity contribution in [2.24, 2.45) is 0 Å². The molecule has 140 valence electrons. The van der Waals surface area contributed by atoms with Crippen molar-refractivity contribution in [2.75, 3.05) is 25.0 Å². The minimum atomic E-state index is -0.386. The largest absolute Gasteiger partial charge is 0.332 e. The Morgan fingerprint density at radius 3 is 2.81 bits per heavy atom. The molecule has 1 saturated heterocycles. The fourth-order valence-electron chi connectivity index (χ4n) is 3.86. The molecule has 1 unspecified atom stereocenters. The number of para-hydroxylation sites is 1. The van der Waals surface area contributed by atoms with Crippen molar-refractivity contribution < 1.29 is 14.0 Å². The van der Waals surface area contributed by atoms with Crippen molar-refractivity contribution in [1.29, 1.82) is 0 Å². The number of piperazine rings is 1. The molecule has 0 radical (unpaired) electrons. The molecule has 2 aliphatic heterocycles. The number of carbonyl (C=O) groups excluding carboxylic acids is 2. The number of urea groups is 1. The number of fused-ring (bicyclic) bond motifs is 3. The zero-order chi connectivity index (χ0) is 19.1. The molecule has 0 spiro atoms. The second-order valence-corrected chi connectivity index (χ2v) is 7.31. The van der Waals surface area contributed by atoms with Crippen molar-refractivity contribution in [1.82, 2.24) is 9.80 Å². The van der Waals surface area contributed by atoms with Gasteiger partial charge in [0, 0.05) is 13.1 Å². The zero-order valence-corrected chi connectivity index (χ0v) is 15.6. The number of hydrogen-bond donors (Lipinski definition) is 1. The monoisotopic (exact) mass is 387 g/mol. The maximum Gasteiger partial charge on any atom is 0.322 e. The summed E-state index contributed by atoms with van der Waals surface area (Å²) in [5.74, 6) is -0.389. The summed E-state index contributed by atoms with van der Waals surface area (Å²) in [6.07, 6.45) is 0.495. The predicted molar refractivity (Wildman–Crippen MR) is 101 cm³/mol. The number of hydrogen-bond acceptors (Lipinski definition) is 2.